The fraction of sp³-hybridized carbons (Fsp3) is 1.00. The van der Waals surface area contributed by atoms with Crippen molar-refractivity contribution in [3.8, 4) is 0 Å². The van der Waals surface area contributed by atoms with Gasteiger partial charge in [-0.25, -0.2) is 0 Å². The van der Waals surface area contributed by atoms with Gasteiger partial charge >= 0.3 is 8.60 Å². The Morgan fingerprint density at radius 3 is 1.60 bits per heavy atom. The third kappa shape index (κ3) is 4.99. The van der Waals surface area contributed by atoms with Crippen LogP contribution in [0.1, 0.15) is 20.8 Å². The number of hydrogen-bond donors (Lipinski definition) is 0. The molecule has 0 aliphatic rings. The average Bonchev–Trinajstić information content (AvgIpc) is 1.81. The molecule has 0 unspecified atom stereocenters. The fourth-order valence-electron chi connectivity index (χ4n) is 0.262. The zero-order valence-corrected chi connectivity index (χ0v) is 6.82. The van der Waals surface area contributed by atoms with Crippen molar-refractivity contribution in [1.29, 1.82) is 0 Å². The maximum atomic E-state index is 11.2. The minimum atomic E-state index is -2.48. The first kappa shape index (κ1) is 10.2. The number of halogens is 2. The van der Waals surface area contributed by atoms with Crippen LogP contribution >= 0.6 is 8.60 Å². The van der Waals surface area contributed by atoms with Crippen LogP contribution in [-0.4, -0.2) is 5.60 Å². The SMILES string of the molecule is CC(C)(C)OP(OF)OF. The smallest absolute Gasteiger partial charge is 0.303 e. The van der Waals surface area contributed by atoms with Crippen LogP contribution in [0.3, 0.4) is 0 Å². The molecule has 62 valence electrons. The van der Waals surface area contributed by atoms with E-state index in [2.05, 4.69) is 14.0 Å². The van der Waals surface area contributed by atoms with E-state index in [1.54, 1.807) is 20.8 Å². The van der Waals surface area contributed by atoms with E-state index in [4.69, 9.17) is 0 Å². The summed E-state index contributed by atoms with van der Waals surface area (Å²) in [7, 11) is -2.48. The van der Waals surface area contributed by atoms with Crippen LogP contribution in [0.15, 0.2) is 0 Å². The van der Waals surface area contributed by atoms with Gasteiger partial charge in [0.05, 0.1) is 5.60 Å². The van der Waals surface area contributed by atoms with Gasteiger partial charge in [-0.15, -0.1) is 9.46 Å². The van der Waals surface area contributed by atoms with E-state index in [1.807, 2.05) is 0 Å². The highest BCUT2D eigenvalue weighted by molar-refractivity contribution is 7.41. The van der Waals surface area contributed by atoms with Gasteiger partial charge in [0.2, 0.25) is 0 Å². The Bertz CT molecular complexity index is 91.0. The number of hydrogen-bond acceptors (Lipinski definition) is 3. The lowest BCUT2D eigenvalue weighted by atomic mass is 10.2. The zero-order valence-electron chi connectivity index (χ0n) is 5.93. The van der Waals surface area contributed by atoms with Gasteiger partial charge in [0, 0.05) is 0 Å². The summed E-state index contributed by atoms with van der Waals surface area (Å²) in [6.45, 7) is 4.88. The molecule has 0 amide bonds. The molecule has 0 saturated heterocycles. The molecule has 3 nitrogen and oxygen atoms in total. The Labute approximate surface area is 59.1 Å². The second-order valence-corrected chi connectivity index (χ2v) is 3.47. The highest BCUT2D eigenvalue weighted by Gasteiger charge is 2.23. The molecule has 0 saturated carbocycles. The maximum Gasteiger partial charge on any atom is 0.403 e. The highest BCUT2D eigenvalue weighted by Crippen LogP contribution is 2.44. The van der Waals surface area contributed by atoms with Crippen molar-refractivity contribution in [1.82, 2.24) is 0 Å². The second kappa shape index (κ2) is 4.13. The first-order valence-corrected chi connectivity index (χ1v) is 3.66. The van der Waals surface area contributed by atoms with E-state index in [0.29, 0.717) is 0 Å². The summed E-state index contributed by atoms with van der Waals surface area (Å²) < 4.78 is 33.1. The van der Waals surface area contributed by atoms with E-state index >= 15 is 0 Å². The molecule has 0 aromatic rings. The first-order valence-electron chi connectivity index (χ1n) is 2.56. The molecule has 0 heterocycles. The Kier molecular flexibility index (Phi) is 4.20. The van der Waals surface area contributed by atoms with Crippen molar-refractivity contribution in [2.75, 3.05) is 0 Å². The Balaban J connectivity index is 3.63. The van der Waals surface area contributed by atoms with Gasteiger partial charge in [0.1, 0.15) is 0 Å². The lowest BCUT2D eigenvalue weighted by molar-refractivity contribution is -0.108. The van der Waals surface area contributed by atoms with Gasteiger partial charge in [-0.1, -0.05) is 0 Å². The van der Waals surface area contributed by atoms with Gasteiger partial charge in [0.15, 0.2) is 0 Å². The Morgan fingerprint density at radius 2 is 1.50 bits per heavy atom. The molecule has 0 aliphatic carbocycles. The normalized spacial score (nSPS) is 12.6. The van der Waals surface area contributed by atoms with E-state index in [0.717, 1.165) is 0 Å². The molecule has 0 aliphatic heterocycles. The molecule has 0 spiro atoms. The van der Waals surface area contributed by atoms with Gasteiger partial charge in [-0.2, -0.15) is 0 Å². The minimum absolute atomic E-state index is 0.677. The predicted octanol–water partition coefficient (Wildman–Crippen LogP) is 2.83. The molecule has 0 aromatic carbocycles. The summed E-state index contributed by atoms with van der Waals surface area (Å²) >= 11 is 0. The molecule has 0 fully saturated rings. The van der Waals surface area contributed by atoms with Crippen molar-refractivity contribution in [3.63, 3.8) is 0 Å². The van der Waals surface area contributed by atoms with Crippen LogP contribution in [0.2, 0.25) is 0 Å². The van der Waals surface area contributed by atoms with Gasteiger partial charge in [-0.05, 0) is 29.8 Å². The van der Waals surface area contributed by atoms with Gasteiger partial charge in [-0.3, -0.25) is 0 Å². The molecule has 10 heavy (non-hydrogen) atoms. The molecule has 0 aromatic heterocycles. The predicted molar refractivity (Wildman–Crippen MR) is 32.1 cm³/mol. The van der Waals surface area contributed by atoms with E-state index in [-0.39, 0.29) is 0 Å². The lowest BCUT2D eigenvalue weighted by Gasteiger charge is -2.19. The molecule has 0 bridgehead atoms. The standard InChI is InChI=1S/C4H9F2O3P/c1-4(2,3)7-10(8-5)9-6/h1-3H3. The van der Waals surface area contributed by atoms with E-state index < -0.39 is 14.2 Å². The van der Waals surface area contributed by atoms with Crippen LogP contribution < -0.4 is 0 Å². The number of rotatable bonds is 3. The summed E-state index contributed by atoms with van der Waals surface area (Å²) in [5.74, 6) is 0. The van der Waals surface area contributed by atoms with Crippen LogP contribution in [0.5, 0.6) is 0 Å². The Morgan fingerprint density at radius 1 is 1.10 bits per heavy atom. The topological polar surface area (TPSA) is 27.7 Å². The van der Waals surface area contributed by atoms with Crippen LogP contribution in [-0.2, 0) is 14.0 Å². The molecular weight excluding hydrogens is 165 g/mol. The summed E-state index contributed by atoms with van der Waals surface area (Å²) in [4.78, 5) is 0. The highest BCUT2D eigenvalue weighted by atomic mass is 31.2. The second-order valence-electron chi connectivity index (χ2n) is 2.57. The Hall–Kier alpha value is 0.170. The van der Waals surface area contributed by atoms with Gasteiger partial charge in [0.25, 0.3) is 0 Å². The van der Waals surface area contributed by atoms with E-state index in [1.165, 1.54) is 0 Å². The molecular formula is C4H9F2O3P. The largest absolute Gasteiger partial charge is 0.403 e. The van der Waals surface area contributed by atoms with Crippen molar-refractivity contribution >= 4 is 8.60 Å². The summed E-state index contributed by atoms with van der Waals surface area (Å²) in [6, 6.07) is 0. The zero-order chi connectivity index (χ0) is 8.20. The summed E-state index contributed by atoms with van der Waals surface area (Å²) in [6.07, 6.45) is 0. The molecule has 0 N–H and O–H groups in total. The minimum Gasteiger partial charge on any atom is -0.303 e. The third-order valence-corrected chi connectivity index (χ3v) is 1.38. The molecule has 0 radical (unpaired) electrons. The van der Waals surface area contributed by atoms with Crippen molar-refractivity contribution in [3.05, 3.63) is 0 Å². The quantitative estimate of drug-likeness (QED) is 0.615. The summed E-state index contributed by atoms with van der Waals surface area (Å²) in [5, 5.41) is 0. The molecule has 0 atom stereocenters. The van der Waals surface area contributed by atoms with Crippen LogP contribution in [0, 0.1) is 0 Å². The molecule has 0 rings (SSSR count). The van der Waals surface area contributed by atoms with E-state index in [9.17, 15) is 9.05 Å². The van der Waals surface area contributed by atoms with Crippen molar-refractivity contribution in [2.24, 2.45) is 0 Å². The van der Waals surface area contributed by atoms with Crippen LogP contribution in [0.4, 0.5) is 9.05 Å². The van der Waals surface area contributed by atoms with Crippen LogP contribution in [0.25, 0.3) is 0 Å². The first-order chi connectivity index (χ1) is 4.49. The maximum absolute atomic E-state index is 11.2. The monoisotopic (exact) mass is 174 g/mol. The van der Waals surface area contributed by atoms with Gasteiger partial charge < -0.3 is 4.52 Å². The van der Waals surface area contributed by atoms with Crippen molar-refractivity contribution < 1.29 is 23.0 Å². The average molecular weight is 174 g/mol. The lowest BCUT2D eigenvalue weighted by Crippen LogP contribution is -2.15. The van der Waals surface area contributed by atoms with Crippen molar-refractivity contribution in [2.45, 2.75) is 26.4 Å². The molecule has 6 heteroatoms. The fourth-order valence-corrected chi connectivity index (χ4v) is 0.787. The summed E-state index contributed by atoms with van der Waals surface area (Å²) in [5.41, 5.74) is -0.677. The third-order valence-electron chi connectivity index (χ3n) is 0.461.